The van der Waals surface area contributed by atoms with Crippen molar-refractivity contribution < 1.29 is 27.5 Å². The zero-order valence-electron chi connectivity index (χ0n) is 18.7. The summed E-state index contributed by atoms with van der Waals surface area (Å²) >= 11 is 0. The van der Waals surface area contributed by atoms with Gasteiger partial charge in [0, 0.05) is 24.9 Å². The van der Waals surface area contributed by atoms with E-state index in [4.69, 9.17) is 9.47 Å². The van der Waals surface area contributed by atoms with Crippen LogP contribution in [0.2, 0.25) is 0 Å². The van der Waals surface area contributed by atoms with Gasteiger partial charge in [-0.05, 0) is 67.8 Å². The van der Waals surface area contributed by atoms with E-state index in [-0.39, 0.29) is 17.3 Å². The van der Waals surface area contributed by atoms with Crippen molar-refractivity contribution in [1.82, 2.24) is 4.31 Å². The van der Waals surface area contributed by atoms with Crippen LogP contribution in [0.4, 0.5) is 5.69 Å². The Morgan fingerprint density at radius 2 is 1.76 bits per heavy atom. The lowest BCUT2D eigenvalue weighted by atomic mass is 10.2. The third kappa shape index (κ3) is 6.21. The van der Waals surface area contributed by atoms with Crippen LogP contribution in [-0.2, 0) is 19.6 Å². The van der Waals surface area contributed by atoms with E-state index in [1.165, 1.54) is 29.6 Å². The molecule has 0 spiro atoms. The second kappa shape index (κ2) is 11.1. The number of carbonyl (C=O) groups is 2. The second-order valence-electron chi connectivity index (χ2n) is 7.50. The molecule has 0 bridgehead atoms. The first kappa shape index (κ1) is 24.5. The van der Waals surface area contributed by atoms with E-state index in [0.717, 1.165) is 19.3 Å². The Balaban J connectivity index is 1.72. The highest BCUT2D eigenvalue weighted by atomic mass is 32.2. The van der Waals surface area contributed by atoms with E-state index in [1.807, 2.05) is 0 Å². The Labute approximate surface area is 194 Å². The number of piperidine rings is 1. The van der Waals surface area contributed by atoms with Gasteiger partial charge in [-0.25, -0.2) is 13.2 Å². The zero-order valence-corrected chi connectivity index (χ0v) is 19.6. The number of nitrogens with zero attached hydrogens (tertiary/aromatic N) is 1. The topological polar surface area (TPSA) is 102 Å². The van der Waals surface area contributed by atoms with Crippen LogP contribution in [0.1, 0.15) is 42.1 Å². The predicted molar refractivity (Wildman–Crippen MR) is 126 cm³/mol. The van der Waals surface area contributed by atoms with Gasteiger partial charge in [-0.1, -0.05) is 12.5 Å². The quantitative estimate of drug-likeness (QED) is 0.464. The molecular weight excluding hydrogens is 444 g/mol. The van der Waals surface area contributed by atoms with Crippen LogP contribution in [0.5, 0.6) is 5.75 Å². The van der Waals surface area contributed by atoms with Crippen molar-refractivity contribution in [2.75, 3.05) is 32.1 Å². The first-order valence-corrected chi connectivity index (χ1v) is 12.2. The Bertz CT molecular complexity index is 1120. The van der Waals surface area contributed by atoms with E-state index in [2.05, 4.69) is 5.32 Å². The minimum Gasteiger partial charge on any atom is -0.495 e. The number of esters is 1. The molecule has 1 saturated heterocycles. The summed E-state index contributed by atoms with van der Waals surface area (Å²) in [6.07, 6.45) is 5.55. The summed E-state index contributed by atoms with van der Waals surface area (Å²) < 4.78 is 37.9. The van der Waals surface area contributed by atoms with Crippen molar-refractivity contribution in [3.63, 3.8) is 0 Å². The molecule has 1 aliphatic heterocycles. The van der Waals surface area contributed by atoms with Gasteiger partial charge in [-0.3, -0.25) is 4.79 Å². The first-order chi connectivity index (χ1) is 15.8. The van der Waals surface area contributed by atoms with Gasteiger partial charge in [-0.2, -0.15) is 4.31 Å². The minimum atomic E-state index is -3.69. The smallest absolute Gasteiger partial charge is 0.338 e. The molecule has 0 atom stereocenters. The summed E-state index contributed by atoms with van der Waals surface area (Å²) in [5.41, 5.74) is 1.46. The van der Waals surface area contributed by atoms with Gasteiger partial charge in [-0.15, -0.1) is 0 Å². The van der Waals surface area contributed by atoms with Crippen molar-refractivity contribution in [2.24, 2.45) is 0 Å². The second-order valence-corrected chi connectivity index (χ2v) is 9.40. The van der Waals surface area contributed by atoms with Gasteiger partial charge >= 0.3 is 5.97 Å². The maximum Gasteiger partial charge on any atom is 0.338 e. The molecule has 1 fully saturated rings. The number of rotatable bonds is 8. The zero-order chi connectivity index (χ0) is 23.8. The Morgan fingerprint density at radius 1 is 1.06 bits per heavy atom. The third-order valence-electron chi connectivity index (χ3n) is 5.21. The standard InChI is InChI=1S/C24H28N2O6S/c1-3-32-24(28)19-9-11-20(12-10-19)25-23(27)14-8-18-7-13-21(31-2)22(17-18)33(29,30)26-15-5-4-6-16-26/h7-14,17H,3-6,15-16H2,1-2H3,(H,25,27). The van der Waals surface area contributed by atoms with Crippen molar-refractivity contribution in [1.29, 1.82) is 0 Å². The normalized spacial score (nSPS) is 14.7. The number of hydrogen-bond donors (Lipinski definition) is 1. The fourth-order valence-corrected chi connectivity index (χ4v) is 5.21. The molecule has 0 saturated carbocycles. The van der Waals surface area contributed by atoms with Crippen LogP contribution in [0, 0.1) is 0 Å². The van der Waals surface area contributed by atoms with Crippen molar-refractivity contribution in [3.05, 3.63) is 59.7 Å². The molecule has 0 aliphatic carbocycles. The molecule has 2 aromatic carbocycles. The van der Waals surface area contributed by atoms with Crippen LogP contribution >= 0.6 is 0 Å². The molecule has 0 radical (unpaired) electrons. The Morgan fingerprint density at radius 3 is 2.39 bits per heavy atom. The summed E-state index contributed by atoms with van der Waals surface area (Å²) in [7, 11) is -2.26. The lowest BCUT2D eigenvalue weighted by Crippen LogP contribution is -2.35. The van der Waals surface area contributed by atoms with Crippen LogP contribution in [0.3, 0.4) is 0 Å². The van der Waals surface area contributed by atoms with Gasteiger partial charge in [0.1, 0.15) is 10.6 Å². The summed E-state index contributed by atoms with van der Waals surface area (Å²) in [5.74, 6) is -0.552. The number of methoxy groups -OCH3 is 1. The summed E-state index contributed by atoms with van der Waals surface area (Å²) in [6, 6.07) is 11.1. The van der Waals surface area contributed by atoms with Gasteiger partial charge in [0.15, 0.2) is 0 Å². The van der Waals surface area contributed by atoms with E-state index >= 15 is 0 Å². The van der Waals surface area contributed by atoms with Crippen molar-refractivity contribution >= 4 is 33.7 Å². The molecule has 33 heavy (non-hydrogen) atoms. The average Bonchev–Trinajstić information content (AvgIpc) is 2.83. The number of ether oxygens (including phenoxy) is 2. The number of carbonyl (C=O) groups excluding carboxylic acids is 2. The van der Waals surface area contributed by atoms with E-state index in [1.54, 1.807) is 43.3 Å². The predicted octanol–water partition coefficient (Wildman–Crippen LogP) is 3.70. The van der Waals surface area contributed by atoms with E-state index < -0.39 is 21.9 Å². The highest BCUT2D eigenvalue weighted by Crippen LogP contribution is 2.30. The lowest BCUT2D eigenvalue weighted by Gasteiger charge is -2.26. The maximum atomic E-state index is 13.1. The molecule has 0 unspecified atom stereocenters. The van der Waals surface area contributed by atoms with Gasteiger partial charge in [0.25, 0.3) is 0 Å². The molecule has 1 N–H and O–H groups in total. The molecule has 1 amide bonds. The molecule has 3 rings (SSSR count). The van der Waals surface area contributed by atoms with Crippen LogP contribution in [0.15, 0.2) is 53.4 Å². The molecular formula is C24H28N2O6S. The molecule has 176 valence electrons. The summed E-state index contributed by atoms with van der Waals surface area (Å²) in [6.45, 7) is 2.99. The van der Waals surface area contributed by atoms with E-state index in [0.29, 0.717) is 29.9 Å². The summed E-state index contributed by atoms with van der Waals surface area (Å²) in [5, 5.41) is 2.70. The van der Waals surface area contributed by atoms with Crippen molar-refractivity contribution in [2.45, 2.75) is 31.1 Å². The summed E-state index contributed by atoms with van der Waals surface area (Å²) in [4.78, 5) is 24.1. The average molecular weight is 473 g/mol. The SMILES string of the molecule is CCOC(=O)c1ccc(NC(=O)C=Cc2ccc(OC)c(S(=O)(=O)N3CCCCC3)c2)cc1. The largest absolute Gasteiger partial charge is 0.495 e. The monoisotopic (exact) mass is 472 g/mol. The van der Waals surface area contributed by atoms with Crippen molar-refractivity contribution in [3.8, 4) is 5.75 Å². The maximum absolute atomic E-state index is 13.1. The van der Waals surface area contributed by atoms with Crippen LogP contribution in [-0.4, -0.2) is 51.4 Å². The van der Waals surface area contributed by atoms with Gasteiger partial charge in [0.05, 0.1) is 19.3 Å². The fraction of sp³-hybridized carbons (Fsp3) is 0.333. The minimum absolute atomic E-state index is 0.0870. The molecule has 1 heterocycles. The lowest BCUT2D eigenvalue weighted by molar-refractivity contribution is -0.111. The Hall–Kier alpha value is -3.17. The number of sulfonamides is 1. The molecule has 8 nitrogen and oxygen atoms in total. The van der Waals surface area contributed by atoms with E-state index in [9.17, 15) is 18.0 Å². The molecule has 1 aliphatic rings. The van der Waals surface area contributed by atoms with Gasteiger partial charge in [0.2, 0.25) is 15.9 Å². The first-order valence-electron chi connectivity index (χ1n) is 10.8. The highest BCUT2D eigenvalue weighted by Gasteiger charge is 2.29. The number of amides is 1. The number of benzene rings is 2. The number of hydrogen-bond acceptors (Lipinski definition) is 6. The third-order valence-corrected chi connectivity index (χ3v) is 7.13. The molecule has 0 aromatic heterocycles. The molecule has 9 heteroatoms. The number of nitrogens with one attached hydrogen (secondary N) is 1. The highest BCUT2D eigenvalue weighted by molar-refractivity contribution is 7.89. The fourth-order valence-electron chi connectivity index (χ4n) is 3.50. The Kier molecular flexibility index (Phi) is 8.24. The van der Waals surface area contributed by atoms with Gasteiger partial charge < -0.3 is 14.8 Å². The van der Waals surface area contributed by atoms with Crippen LogP contribution in [0.25, 0.3) is 6.08 Å². The number of anilines is 1. The van der Waals surface area contributed by atoms with Crippen LogP contribution < -0.4 is 10.1 Å². The molecule has 2 aromatic rings.